The maximum absolute atomic E-state index is 12.2. The number of likely N-dealkylation sites (N-methyl/N-ethyl adjacent to an activating group) is 1. The molecule has 3 nitrogen and oxygen atoms in total. The first kappa shape index (κ1) is 16.7. The van der Waals surface area contributed by atoms with Crippen molar-refractivity contribution in [3.63, 3.8) is 0 Å². The molecular formula is C18H21BrN2O. The van der Waals surface area contributed by atoms with Gasteiger partial charge >= 0.3 is 0 Å². The van der Waals surface area contributed by atoms with Crippen LogP contribution in [0.1, 0.15) is 16.7 Å². The van der Waals surface area contributed by atoms with E-state index in [2.05, 4.69) is 33.4 Å². The van der Waals surface area contributed by atoms with Crippen molar-refractivity contribution in [3.05, 3.63) is 63.6 Å². The molecule has 116 valence electrons. The standard InChI is InChI=1S/C18H21BrN2O/c1-13-7-8-14(2)17(9-13)20-18(22)12-21(3)11-15-5-4-6-16(19)10-15/h4-10H,11-12H2,1-3H3,(H,20,22). The maximum Gasteiger partial charge on any atom is 0.238 e. The van der Waals surface area contributed by atoms with Crippen molar-refractivity contribution in [1.29, 1.82) is 0 Å². The number of nitrogens with one attached hydrogen (secondary N) is 1. The lowest BCUT2D eigenvalue weighted by Gasteiger charge is -2.17. The van der Waals surface area contributed by atoms with Gasteiger partial charge in [0.2, 0.25) is 5.91 Å². The third-order valence-corrected chi connectivity index (χ3v) is 3.92. The molecular weight excluding hydrogens is 340 g/mol. The van der Waals surface area contributed by atoms with Crippen molar-refractivity contribution in [1.82, 2.24) is 4.90 Å². The first-order valence-corrected chi connectivity index (χ1v) is 8.03. The van der Waals surface area contributed by atoms with Crippen LogP contribution < -0.4 is 5.32 Å². The van der Waals surface area contributed by atoms with Gasteiger partial charge in [-0.2, -0.15) is 0 Å². The molecule has 0 radical (unpaired) electrons. The molecule has 0 bridgehead atoms. The van der Waals surface area contributed by atoms with Crippen LogP contribution in [0.2, 0.25) is 0 Å². The molecule has 0 atom stereocenters. The minimum absolute atomic E-state index is 0.00574. The lowest BCUT2D eigenvalue weighted by molar-refractivity contribution is -0.117. The molecule has 0 unspecified atom stereocenters. The quantitative estimate of drug-likeness (QED) is 0.868. The molecule has 0 heterocycles. The summed E-state index contributed by atoms with van der Waals surface area (Å²) in [5.74, 6) is 0.00574. The van der Waals surface area contributed by atoms with Crippen LogP contribution in [-0.2, 0) is 11.3 Å². The number of hydrogen-bond donors (Lipinski definition) is 1. The van der Waals surface area contributed by atoms with Crippen LogP contribution in [0.4, 0.5) is 5.69 Å². The Labute approximate surface area is 140 Å². The van der Waals surface area contributed by atoms with E-state index in [1.54, 1.807) is 0 Å². The van der Waals surface area contributed by atoms with Gasteiger partial charge < -0.3 is 5.32 Å². The fourth-order valence-corrected chi connectivity index (χ4v) is 2.75. The highest BCUT2D eigenvalue weighted by molar-refractivity contribution is 9.10. The average molecular weight is 361 g/mol. The summed E-state index contributed by atoms with van der Waals surface area (Å²) >= 11 is 3.46. The molecule has 2 rings (SSSR count). The van der Waals surface area contributed by atoms with Crippen LogP contribution in [0.5, 0.6) is 0 Å². The van der Waals surface area contributed by atoms with Crippen LogP contribution in [0.15, 0.2) is 46.9 Å². The fourth-order valence-electron chi connectivity index (χ4n) is 2.31. The normalized spacial score (nSPS) is 10.8. The molecule has 1 amide bonds. The minimum atomic E-state index is 0.00574. The van der Waals surface area contributed by atoms with Gasteiger partial charge in [0.25, 0.3) is 0 Å². The van der Waals surface area contributed by atoms with Gasteiger partial charge in [-0.15, -0.1) is 0 Å². The number of anilines is 1. The molecule has 0 aromatic heterocycles. The molecule has 0 aliphatic rings. The van der Waals surface area contributed by atoms with Gasteiger partial charge in [0.1, 0.15) is 0 Å². The fraction of sp³-hybridized carbons (Fsp3) is 0.278. The van der Waals surface area contributed by atoms with Crippen molar-refractivity contribution in [2.75, 3.05) is 18.9 Å². The highest BCUT2D eigenvalue weighted by Gasteiger charge is 2.09. The van der Waals surface area contributed by atoms with E-state index in [1.165, 1.54) is 5.56 Å². The van der Waals surface area contributed by atoms with E-state index in [1.807, 2.05) is 56.1 Å². The molecule has 4 heteroatoms. The third-order valence-electron chi connectivity index (χ3n) is 3.42. The van der Waals surface area contributed by atoms with Crippen molar-refractivity contribution in [2.24, 2.45) is 0 Å². The maximum atomic E-state index is 12.2. The Hall–Kier alpha value is -1.65. The summed E-state index contributed by atoms with van der Waals surface area (Å²) < 4.78 is 1.05. The van der Waals surface area contributed by atoms with Crippen LogP contribution in [0, 0.1) is 13.8 Å². The summed E-state index contributed by atoms with van der Waals surface area (Å²) in [5, 5.41) is 2.99. The Morgan fingerprint density at radius 3 is 2.68 bits per heavy atom. The van der Waals surface area contributed by atoms with Crippen LogP contribution >= 0.6 is 15.9 Å². The zero-order chi connectivity index (χ0) is 16.1. The number of hydrogen-bond acceptors (Lipinski definition) is 2. The zero-order valence-corrected chi connectivity index (χ0v) is 14.8. The van der Waals surface area contributed by atoms with Gasteiger partial charge in [-0.05, 0) is 55.8 Å². The Kier molecular flexibility index (Phi) is 5.75. The largest absolute Gasteiger partial charge is 0.325 e. The van der Waals surface area contributed by atoms with Crippen molar-refractivity contribution in [3.8, 4) is 0 Å². The Morgan fingerprint density at radius 2 is 1.95 bits per heavy atom. The average Bonchev–Trinajstić information content (AvgIpc) is 2.42. The highest BCUT2D eigenvalue weighted by atomic mass is 79.9. The minimum Gasteiger partial charge on any atom is -0.325 e. The van der Waals surface area contributed by atoms with Gasteiger partial charge in [0.15, 0.2) is 0 Å². The summed E-state index contributed by atoms with van der Waals surface area (Å²) in [6.45, 7) is 5.12. The lowest BCUT2D eigenvalue weighted by Crippen LogP contribution is -2.30. The molecule has 1 N–H and O–H groups in total. The monoisotopic (exact) mass is 360 g/mol. The second-order valence-electron chi connectivity index (χ2n) is 5.67. The first-order valence-electron chi connectivity index (χ1n) is 7.24. The van der Waals surface area contributed by atoms with Crippen LogP contribution in [0.3, 0.4) is 0 Å². The van der Waals surface area contributed by atoms with Crippen molar-refractivity contribution in [2.45, 2.75) is 20.4 Å². The molecule has 0 spiro atoms. The lowest BCUT2D eigenvalue weighted by atomic mass is 10.1. The third kappa shape index (κ3) is 4.97. The first-order chi connectivity index (χ1) is 10.4. The number of nitrogens with zero attached hydrogens (tertiary/aromatic N) is 1. The molecule has 0 saturated heterocycles. The topological polar surface area (TPSA) is 32.3 Å². The zero-order valence-electron chi connectivity index (χ0n) is 13.2. The predicted octanol–water partition coefficient (Wildman–Crippen LogP) is 4.14. The summed E-state index contributed by atoms with van der Waals surface area (Å²) in [7, 11) is 1.95. The Bertz CT molecular complexity index is 670. The molecule has 22 heavy (non-hydrogen) atoms. The van der Waals surface area contributed by atoms with E-state index in [-0.39, 0.29) is 5.91 Å². The van der Waals surface area contributed by atoms with E-state index in [4.69, 9.17) is 0 Å². The molecule has 2 aromatic carbocycles. The van der Waals surface area contributed by atoms with E-state index >= 15 is 0 Å². The number of halogens is 1. The summed E-state index contributed by atoms with van der Waals surface area (Å²) in [6.07, 6.45) is 0. The van der Waals surface area contributed by atoms with Crippen molar-refractivity contribution < 1.29 is 4.79 Å². The van der Waals surface area contributed by atoms with Crippen molar-refractivity contribution >= 4 is 27.5 Å². The molecule has 0 saturated carbocycles. The van der Waals surface area contributed by atoms with E-state index in [0.717, 1.165) is 27.8 Å². The van der Waals surface area contributed by atoms with Gasteiger partial charge in [-0.1, -0.05) is 40.2 Å². The van der Waals surface area contributed by atoms with E-state index < -0.39 is 0 Å². The van der Waals surface area contributed by atoms with Gasteiger partial charge in [0.05, 0.1) is 6.54 Å². The SMILES string of the molecule is Cc1ccc(C)c(NC(=O)CN(C)Cc2cccc(Br)c2)c1. The van der Waals surface area contributed by atoms with E-state index in [0.29, 0.717) is 6.54 Å². The summed E-state index contributed by atoms with van der Waals surface area (Å²) in [6, 6.07) is 14.2. The number of rotatable bonds is 5. The Balaban J connectivity index is 1.92. The predicted molar refractivity (Wildman–Crippen MR) is 95.0 cm³/mol. The molecule has 0 aliphatic carbocycles. The summed E-state index contributed by atoms with van der Waals surface area (Å²) in [5.41, 5.74) is 4.29. The number of aryl methyl sites for hydroxylation is 2. The number of carbonyl (C=O) groups excluding carboxylic acids is 1. The van der Waals surface area contributed by atoms with Crippen LogP contribution in [-0.4, -0.2) is 24.4 Å². The number of benzene rings is 2. The second-order valence-corrected chi connectivity index (χ2v) is 6.58. The molecule has 0 fully saturated rings. The number of carbonyl (C=O) groups is 1. The van der Waals surface area contributed by atoms with Crippen LogP contribution in [0.25, 0.3) is 0 Å². The van der Waals surface area contributed by atoms with Gasteiger partial charge in [-0.25, -0.2) is 0 Å². The van der Waals surface area contributed by atoms with E-state index in [9.17, 15) is 4.79 Å². The number of amides is 1. The molecule has 2 aromatic rings. The Morgan fingerprint density at radius 1 is 1.18 bits per heavy atom. The molecule has 0 aliphatic heterocycles. The summed E-state index contributed by atoms with van der Waals surface area (Å²) in [4.78, 5) is 14.2. The smallest absolute Gasteiger partial charge is 0.238 e. The van der Waals surface area contributed by atoms with Gasteiger partial charge in [0, 0.05) is 16.7 Å². The second kappa shape index (κ2) is 7.56. The highest BCUT2D eigenvalue weighted by Crippen LogP contribution is 2.16. The van der Waals surface area contributed by atoms with Gasteiger partial charge in [-0.3, -0.25) is 9.69 Å².